The Hall–Kier alpha value is -2.92. The second kappa shape index (κ2) is 8.67. The molecule has 1 saturated heterocycles. The summed E-state index contributed by atoms with van der Waals surface area (Å²) in [6.07, 6.45) is 4.44. The van der Waals surface area contributed by atoms with Gasteiger partial charge < -0.3 is 14.6 Å². The van der Waals surface area contributed by atoms with Crippen LogP contribution in [-0.4, -0.2) is 28.9 Å². The average Bonchev–Trinajstić information content (AvgIpc) is 2.76. The van der Waals surface area contributed by atoms with Gasteiger partial charge in [0, 0.05) is 17.6 Å². The first-order chi connectivity index (χ1) is 15.0. The highest BCUT2D eigenvalue weighted by molar-refractivity contribution is 5.88. The van der Waals surface area contributed by atoms with Gasteiger partial charge in [-0.25, -0.2) is 4.39 Å². The van der Waals surface area contributed by atoms with E-state index in [0.717, 1.165) is 40.9 Å². The Kier molecular flexibility index (Phi) is 5.96. The summed E-state index contributed by atoms with van der Waals surface area (Å²) in [4.78, 5) is 11.8. The first-order valence-electron chi connectivity index (χ1n) is 10.8. The van der Waals surface area contributed by atoms with Gasteiger partial charge in [0.15, 0.2) is 0 Å². The smallest absolute Gasteiger partial charge is 0.309 e. The lowest BCUT2D eigenvalue weighted by molar-refractivity contribution is -0.156. The number of carbonyl (C=O) groups is 1. The van der Waals surface area contributed by atoms with Gasteiger partial charge in [-0.1, -0.05) is 50.3 Å². The van der Waals surface area contributed by atoms with Crippen LogP contribution in [0.25, 0.3) is 5.57 Å². The van der Waals surface area contributed by atoms with Crippen LogP contribution < -0.4 is 4.74 Å². The predicted octanol–water partition coefficient (Wildman–Crippen LogP) is 5.20. The summed E-state index contributed by atoms with van der Waals surface area (Å²) in [6, 6.07) is 14.3. The molecule has 31 heavy (non-hydrogen) atoms. The molecule has 0 aliphatic carbocycles. The van der Waals surface area contributed by atoms with E-state index >= 15 is 0 Å². The van der Waals surface area contributed by atoms with E-state index < -0.39 is 23.8 Å². The molecule has 2 aliphatic heterocycles. The van der Waals surface area contributed by atoms with Crippen LogP contribution in [0.1, 0.15) is 50.7 Å². The maximum Gasteiger partial charge on any atom is 0.309 e. The van der Waals surface area contributed by atoms with Crippen molar-refractivity contribution < 1.29 is 23.8 Å². The van der Waals surface area contributed by atoms with Crippen molar-refractivity contribution in [3.63, 3.8) is 0 Å². The highest BCUT2D eigenvalue weighted by atomic mass is 19.1. The number of rotatable bonds is 5. The second-order valence-electron chi connectivity index (χ2n) is 8.08. The van der Waals surface area contributed by atoms with Crippen LogP contribution in [0.2, 0.25) is 0 Å². The lowest BCUT2D eigenvalue weighted by atomic mass is 9.77. The van der Waals surface area contributed by atoms with E-state index in [2.05, 4.69) is 13.8 Å². The van der Waals surface area contributed by atoms with Crippen molar-refractivity contribution >= 4 is 11.5 Å². The van der Waals surface area contributed by atoms with E-state index in [0.29, 0.717) is 6.42 Å². The van der Waals surface area contributed by atoms with Crippen molar-refractivity contribution in [2.24, 2.45) is 0 Å². The molecular weight excluding hydrogens is 395 g/mol. The summed E-state index contributed by atoms with van der Waals surface area (Å²) < 4.78 is 25.6. The zero-order valence-corrected chi connectivity index (χ0v) is 17.8. The Morgan fingerprint density at radius 2 is 1.84 bits per heavy atom. The molecule has 4 nitrogen and oxygen atoms in total. The van der Waals surface area contributed by atoms with Gasteiger partial charge in [-0.05, 0) is 48.3 Å². The van der Waals surface area contributed by atoms with Gasteiger partial charge in [-0.2, -0.15) is 0 Å². The van der Waals surface area contributed by atoms with Crippen molar-refractivity contribution in [3.05, 3.63) is 83.2 Å². The van der Waals surface area contributed by atoms with E-state index in [4.69, 9.17) is 9.47 Å². The molecule has 2 heterocycles. The molecule has 2 aliphatic rings. The lowest BCUT2D eigenvalue weighted by Crippen LogP contribution is -2.40. The first kappa shape index (κ1) is 21.3. The fourth-order valence-electron chi connectivity index (χ4n) is 4.47. The number of para-hydroxylation sites is 1. The molecule has 4 rings (SSSR count). The summed E-state index contributed by atoms with van der Waals surface area (Å²) in [6.45, 7) is 4.16. The van der Waals surface area contributed by atoms with Crippen molar-refractivity contribution in [2.45, 2.75) is 57.3 Å². The molecule has 0 saturated carbocycles. The molecule has 2 atom stereocenters. The Morgan fingerprint density at radius 3 is 2.52 bits per heavy atom. The third-order valence-electron chi connectivity index (χ3n) is 6.16. The summed E-state index contributed by atoms with van der Waals surface area (Å²) >= 11 is 0. The minimum absolute atomic E-state index is 0.0260. The summed E-state index contributed by atoms with van der Waals surface area (Å²) in [5, 5.41) is 9.96. The number of ether oxygens (including phenoxy) is 2. The van der Waals surface area contributed by atoms with Crippen LogP contribution in [0.15, 0.2) is 66.3 Å². The largest absolute Gasteiger partial charge is 0.482 e. The van der Waals surface area contributed by atoms with Gasteiger partial charge in [0.1, 0.15) is 23.3 Å². The van der Waals surface area contributed by atoms with E-state index in [1.54, 1.807) is 12.1 Å². The standard InChI is InChI=1S/C26H27FO4/c1-3-26(4-2)22(14-13-20-15-19(28)16-24(29)30-20)25(17-9-11-18(27)12-10-17)21-7-5-6-8-23(21)31-26/h5-14,19-20,28H,3-4,15-16H2,1-2H3. The number of hydrogen-bond donors (Lipinski definition) is 1. The van der Waals surface area contributed by atoms with Crippen molar-refractivity contribution in [2.75, 3.05) is 0 Å². The molecule has 0 radical (unpaired) electrons. The van der Waals surface area contributed by atoms with Crippen LogP contribution in [0.4, 0.5) is 4.39 Å². The fraction of sp³-hybridized carbons (Fsp3) is 0.346. The number of carbonyl (C=O) groups excluding carboxylic acids is 1. The fourth-order valence-corrected chi connectivity index (χ4v) is 4.47. The van der Waals surface area contributed by atoms with Crippen molar-refractivity contribution in [1.82, 2.24) is 0 Å². The Balaban J connectivity index is 1.89. The van der Waals surface area contributed by atoms with E-state index in [1.165, 1.54) is 12.1 Å². The molecule has 0 spiro atoms. The van der Waals surface area contributed by atoms with Gasteiger partial charge >= 0.3 is 5.97 Å². The highest BCUT2D eigenvalue weighted by Crippen LogP contribution is 2.47. The normalized spacial score (nSPS) is 22.8. The predicted molar refractivity (Wildman–Crippen MR) is 117 cm³/mol. The maximum atomic E-state index is 13.7. The molecule has 162 valence electrons. The van der Waals surface area contributed by atoms with Gasteiger partial charge in [-0.3, -0.25) is 4.79 Å². The molecule has 2 aromatic carbocycles. The Bertz CT molecular complexity index is 1020. The third-order valence-corrected chi connectivity index (χ3v) is 6.16. The molecule has 0 amide bonds. The monoisotopic (exact) mass is 422 g/mol. The molecule has 2 unspecified atom stereocenters. The van der Waals surface area contributed by atoms with E-state index in [-0.39, 0.29) is 12.2 Å². The van der Waals surface area contributed by atoms with E-state index in [1.807, 2.05) is 36.4 Å². The number of esters is 1. The molecule has 1 fully saturated rings. The number of halogens is 1. The topological polar surface area (TPSA) is 55.8 Å². The van der Waals surface area contributed by atoms with Crippen LogP contribution >= 0.6 is 0 Å². The van der Waals surface area contributed by atoms with Crippen molar-refractivity contribution in [3.8, 4) is 5.75 Å². The van der Waals surface area contributed by atoms with Crippen LogP contribution in [0.5, 0.6) is 5.75 Å². The quantitative estimate of drug-likeness (QED) is 0.673. The van der Waals surface area contributed by atoms with Crippen molar-refractivity contribution in [1.29, 1.82) is 0 Å². The third kappa shape index (κ3) is 4.15. The number of aliphatic hydroxyl groups is 1. The molecule has 0 bridgehead atoms. The summed E-state index contributed by atoms with van der Waals surface area (Å²) in [5.41, 5.74) is 3.19. The number of hydrogen-bond acceptors (Lipinski definition) is 4. The van der Waals surface area contributed by atoms with Crippen LogP contribution in [-0.2, 0) is 9.53 Å². The second-order valence-corrected chi connectivity index (χ2v) is 8.08. The minimum Gasteiger partial charge on any atom is -0.482 e. The summed E-state index contributed by atoms with van der Waals surface area (Å²) in [7, 11) is 0. The SMILES string of the molecule is CCC1(CC)Oc2ccccc2C(c2ccc(F)cc2)=C1C=CC1CC(O)CC(=O)O1. The van der Waals surface area contributed by atoms with Gasteiger partial charge in [0.25, 0.3) is 0 Å². The molecule has 2 aromatic rings. The average molecular weight is 422 g/mol. The summed E-state index contributed by atoms with van der Waals surface area (Å²) in [5.74, 6) is 0.105. The number of benzene rings is 2. The van der Waals surface area contributed by atoms with Crippen LogP contribution in [0.3, 0.4) is 0 Å². The number of fused-ring (bicyclic) bond motifs is 1. The van der Waals surface area contributed by atoms with Gasteiger partial charge in [0.05, 0.1) is 12.5 Å². The van der Waals surface area contributed by atoms with E-state index in [9.17, 15) is 14.3 Å². The lowest BCUT2D eigenvalue weighted by Gasteiger charge is -2.40. The molecule has 0 aromatic heterocycles. The minimum atomic E-state index is -0.702. The van der Waals surface area contributed by atoms with Gasteiger partial charge in [0.2, 0.25) is 0 Å². The Labute approximate surface area is 182 Å². The van der Waals surface area contributed by atoms with Crippen LogP contribution in [0, 0.1) is 5.82 Å². The van der Waals surface area contributed by atoms with Gasteiger partial charge in [-0.15, -0.1) is 0 Å². The number of aliphatic hydroxyl groups excluding tert-OH is 1. The maximum absolute atomic E-state index is 13.7. The molecule has 1 N–H and O–H groups in total. The Morgan fingerprint density at radius 1 is 1.13 bits per heavy atom. The first-order valence-corrected chi connectivity index (χ1v) is 10.8. The molecular formula is C26H27FO4. The number of cyclic esters (lactones) is 1. The molecule has 5 heteroatoms. The highest BCUT2D eigenvalue weighted by Gasteiger charge is 2.39. The zero-order chi connectivity index (χ0) is 22.0. The zero-order valence-electron chi connectivity index (χ0n) is 17.8.